The van der Waals surface area contributed by atoms with E-state index in [1.54, 1.807) is 0 Å². The van der Waals surface area contributed by atoms with E-state index in [0.717, 1.165) is 19.4 Å². The van der Waals surface area contributed by atoms with Gasteiger partial charge in [0.2, 0.25) is 0 Å². The third-order valence-electron chi connectivity index (χ3n) is 3.54. The second kappa shape index (κ2) is 3.31. The number of nitrogens with zero attached hydrogens (tertiary/aromatic N) is 1. The van der Waals surface area contributed by atoms with Crippen molar-refractivity contribution in [3.8, 4) is 0 Å². The average Bonchev–Trinajstić information content (AvgIpc) is 2.33. The van der Waals surface area contributed by atoms with Gasteiger partial charge in [-0.1, -0.05) is 32.9 Å². The molecule has 0 bridgehead atoms. The van der Waals surface area contributed by atoms with Gasteiger partial charge in [-0.15, -0.1) is 0 Å². The molecule has 2 rings (SSSR count). The fraction of sp³-hybridized carbons (Fsp3) is 0.846. The molecule has 0 spiro atoms. The van der Waals surface area contributed by atoms with Crippen LogP contribution in [0.3, 0.4) is 0 Å². The highest BCUT2D eigenvalue weighted by Crippen LogP contribution is 2.47. The highest BCUT2D eigenvalue weighted by Gasteiger charge is 2.51. The molecule has 0 N–H and O–H groups in total. The highest BCUT2D eigenvalue weighted by molar-refractivity contribution is 5.19. The maximum absolute atomic E-state index is 13.5. The molecule has 2 aliphatic rings. The lowest BCUT2D eigenvalue weighted by Crippen LogP contribution is -2.41. The minimum atomic E-state index is -0.625. The smallest absolute Gasteiger partial charge is 0.115 e. The van der Waals surface area contributed by atoms with Crippen molar-refractivity contribution >= 4 is 0 Å². The van der Waals surface area contributed by atoms with E-state index in [1.807, 2.05) is 0 Å². The van der Waals surface area contributed by atoms with Crippen LogP contribution in [0.4, 0.5) is 4.39 Å². The van der Waals surface area contributed by atoms with Gasteiger partial charge in [-0.25, -0.2) is 4.39 Å². The summed E-state index contributed by atoms with van der Waals surface area (Å²) in [7, 11) is 0. The van der Waals surface area contributed by atoms with Gasteiger partial charge >= 0.3 is 0 Å². The van der Waals surface area contributed by atoms with Gasteiger partial charge < -0.3 is 0 Å². The van der Waals surface area contributed by atoms with Gasteiger partial charge in [0.25, 0.3) is 0 Å². The Morgan fingerprint density at radius 1 is 1.53 bits per heavy atom. The normalized spacial score (nSPS) is 37.3. The molecule has 0 saturated carbocycles. The Hall–Kier alpha value is -0.370. The molecule has 2 aliphatic heterocycles. The van der Waals surface area contributed by atoms with Crippen molar-refractivity contribution in [3.63, 3.8) is 0 Å². The molecule has 15 heavy (non-hydrogen) atoms. The van der Waals surface area contributed by atoms with Crippen LogP contribution >= 0.6 is 0 Å². The van der Waals surface area contributed by atoms with Crippen molar-refractivity contribution in [2.75, 3.05) is 13.1 Å². The van der Waals surface area contributed by atoms with E-state index >= 15 is 0 Å². The van der Waals surface area contributed by atoms with Crippen molar-refractivity contribution in [1.29, 1.82) is 0 Å². The van der Waals surface area contributed by atoms with Gasteiger partial charge in [0.1, 0.15) is 6.17 Å². The van der Waals surface area contributed by atoms with Crippen LogP contribution in [-0.2, 0) is 0 Å². The maximum Gasteiger partial charge on any atom is 0.115 e. The molecule has 0 aliphatic carbocycles. The number of fused-ring (bicyclic) bond motifs is 1. The van der Waals surface area contributed by atoms with Gasteiger partial charge in [-0.2, -0.15) is 0 Å². The van der Waals surface area contributed by atoms with Crippen molar-refractivity contribution < 1.29 is 4.39 Å². The molecule has 0 aromatic carbocycles. The Bertz CT molecular complexity index is 279. The summed E-state index contributed by atoms with van der Waals surface area (Å²) in [6, 6.07) is 0. The Labute approximate surface area is 92.3 Å². The van der Waals surface area contributed by atoms with Crippen LogP contribution in [0.25, 0.3) is 0 Å². The van der Waals surface area contributed by atoms with Gasteiger partial charge in [-0.05, 0) is 24.7 Å². The van der Waals surface area contributed by atoms with Gasteiger partial charge in [0, 0.05) is 18.6 Å². The van der Waals surface area contributed by atoms with E-state index in [2.05, 4.69) is 32.3 Å². The summed E-state index contributed by atoms with van der Waals surface area (Å²) in [6.45, 7) is 12.3. The zero-order chi connectivity index (χ0) is 11.3. The highest BCUT2D eigenvalue weighted by atomic mass is 19.1. The van der Waals surface area contributed by atoms with E-state index in [0.29, 0.717) is 13.0 Å². The molecule has 0 aromatic rings. The fourth-order valence-corrected chi connectivity index (χ4v) is 3.48. The van der Waals surface area contributed by atoms with Crippen LogP contribution in [0.5, 0.6) is 0 Å². The first-order valence-corrected chi connectivity index (χ1v) is 5.87. The Morgan fingerprint density at radius 2 is 2.20 bits per heavy atom. The molecule has 2 heterocycles. The van der Waals surface area contributed by atoms with E-state index in [9.17, 15) is 4.39 Å². The monoisotopic (exact) mass is 211 g/mol. The van der Waals surface area contributed by atoms with E-state index in [-0.39, 0.29) is 11.0 Å². The van der Waals surface area contributed by atoms with Crippen LogP contribution < -0.4 is 0 Å². The van der Waals surface area contributed by atoms with Crippen molar-refractivity contribution in [1.82, 2.24) is 4.90 Å². The van der Waals surface area contributed by atoms with E-state index in [1.165, 1.54) is 5.57 Å². The summed E-state index contributed by atoms with van der Waals surface area (Å²) in [4.78, 5) is 2.32. The average molecular weight is 211 g/mol. The Balaban J connectivity index is 2.19. The number of halogens is 1. The van der Waals surface area contributed by atoms with Crippen LogP contribution in [0, 0.1) is 5.41 Å². The summed E-state index contributed by atoms with van der Waals surface area (Å²) in [6.07, 6.45) is 2.17. The molecular weight excluding hydrogens is 189 g/mol. The summed E-state index contributed by atoms with van der Waals surface area (Å²) < 4.78 is 13.5. The molecule has 0 amide bonds. The third kappa shape index (κ3) is 2.10. The molecule has 2 fully saturated rings. The SMILES string of the molecule is C=C1CN2C[C@@H](F)CC2(CC(C)(C)C)C1. The minimum Gasteiger partial charge on any atom is -0.290 e. The first kappa shape index (κ1) is 11.1. The van der Waals surface area contributed by atoms with Crippen LogP contribution in [0.2, 0.25) is 0 Å². The van der Waals surface area contributed by atoms with Crippen LogP contribution in [0.1, 0.15) is 40.0 Å². The predicted octanol–water partition coefficient (Wildman–Crippen LogP) is 3.17. The maximum atomic E-state index is 13.5. The van der Waals surface area contributed by atoms with E-state index < -0.39 is 6.17 Å². The molecule has 0 radical (unpaired) electrons. The predicted molar refractivity (Wildman–Crippen MR) is 61.6 cm³/mol. The summed E-state index contributed by atoms with van der Waals surface area (Å²) in [5, 5.41) is 0. The van der Waals surface area contributed by atoms with Gasteiger partial charge in [0.15, 0.2) is 0 Å². The standard InChI is InChI=1S/C13H22FN/c1-10-5-13(9-12(2,3)4)6-11(14)8-15(13)7-10/h11H,1,5-9H2,2-4H3/t11-,13?/m0/s1. The number of rotatable bonds is 1. The molecule has 86 valence electrons. The van der Waals surface area contributed by atoms with Gasteiger partial charge in [0.05, 0.1) is 0 Å². The Kier molecular flexibility index (Phi) is 2.45. The fourth-order valence-electron chi connectivity index (χ4n) is 3.48. The molecule has 2 saturated heterocycles. The topological polar surface area (TPSA) is 3.24 Å². The van der Waals surface area contributed by atoms with Gasteiger partial charge in [-0.3, -0.25) is 4.90 Å². The molecule has 0 aromatic heterocycles. The number of hydrogen-bond donors (Lipinski definition) is 0. The molecule has 2 heteroatoms. The molecule has 2 atom stereocenters. The van der Waals surface area contributed by atoms with Crippen molar-refractivity contribution in [2.45, 2.75) is 51.7 Å². The lowest BCUT2D eigenvalue weighted by molar-refractivity contribution is 0.129. The Morgan fingerprint density at radius 3 is 2.80 bits per heavy atom. The lowest BCUT2D eigenvalue weighted by Gasteiger charge is -2.37. The first-order valence-electron chi connectivity index (χ1n) is 5.87. The second-order valence-electron chi connectivity index (χ2n) is 6.57. The molecular formula is C13H22FN. The summed E-state index contributed by atoms with van der Waals surface area (Å²) in [5.41, 5.74) is 1.65. The molecule has 1 unspecified atom stereocenters. The summed E-state index contributed by atoms with van der Waals surface area (Å²) >= 11 is 0. The minimum absolute atomic E-state index is 0.0920. The number of hydrogen-bond acceptors (Lipinski definition) is 1. The molecule has 1 nitrogen and oxygen atoms in total. The summed E-state index contributed by atoms with van der Waals surface area (Å²) in [5.74, 6) is 0. The van der Waals surface area contributed by atoms with Crippen LogP contribution in [0.15, 0.2) is 12.2 Å². The quantitative estimate of drug-likeness (QED) is 0.602. The van der Waals surface area contributed by atoms with Crippen molar-refractivity contribution in [3.05, 3.63) is 12.2 Å². The largest absolute Gasteiger partial charge is 0.290 e. The van der Waals surface area contributed by atoms with Crippen molar-refractivity contribution in [2.24, 2.45) is 5.41 Å². The lowest BCUT2D eigenvalue weighted by atomic mass is 9.77. The zero-order valence-corrected chi connectivity index (χ0v) is 10.1. The number of alkyl halides is 1. The second-order valence-corrected chi connectivity index (χ2v) is 6.57. The zero-order valence-electron chi connectivity index (χ0n) is 10.1. The first-order chi connectivity index (χ1) is 6.81. The third-order valence-corrected chi connectivity index (χ3v) is 3.54. The van der Waals surface area contributed by atoms with E-state index in [4.69, 9.17) is 0 Å². The van der Waals surface area contributed by atoms with Crippen LogP contribution in [-0.4, -0.2) is 29.7 Å².